The second kappa shape index (κ2) is 3.26. The number of rotatable bonds is 1. The fraction of sp³-hybridized carbons (Fsp3) is 0. The van der Waals surface area contributed by atoms with Crippen molar-refractivity contribution in [1.29, 1.82) is 0 Å². The molecule has 1 aromatic carbocycles. The Morgan fingerprint density at radius 1 is 1.23 bits per heavy atom. The van der Waals surface area contributed by atoms with E-state index in [9.17, 15) is 4.39 Å². The van der Waals surface area contributed by atoms with Gasteiger partial charge in [-0.1, -0.05) is 12.1 Å². The second-order valence-electron chi connectivity index (χ2n) is 2.44. The number of nitrogens with zero attached hydrogens (tertiary/aromatic N) is 2. The number of benzene rings is 1. The molecular weight excluding hydrogens is 237 g/mol. The third kappa shape index (κ3) is 1.47. The van der Waals surface area contributed by atoms with Crippen molar-refractivity contribution in [3.8, 4) is 11.3 Å². The van der Waals surface area contributed by atoms with Crippen LogP contribution in [-0.2, 0) is 0 Å². The molecule has 0 fully saturated rings. The van der Waals surface area contributed by atoms with Crippen molar-refractivity contribution in [2.75, 3.05) is 0 Å². The van der Waals surface area contributed by atoms with E-state index in [0.29, 0.717) is 15.9 Å². The standard InChI is InChI=1S/C8H5BrFN3/c9-8-7(11-13-12-8)5-3-1-2-4-6(5)10/h1-4H,(H,11,12,13). The lowest BCUT2D eigenvalue weighted by Gasteiger charge is -1.97. The average Bonchev–Trinajstić information content (AvgIpc) is 2.52. The van der Waals surface area contributed by atoms with Crippen molar-refractivity contribution in [2.24, 2.45) is 0 Å². The monoisotopic (exact) mass is 241 g/mol. The highest BCUT2D eigenvalue weighted by atomic mass is 79.9. The van der Waals surface area contributed by atoms with Gasteiger partial charge in [0.25, 0.3) is 0 Å². The zero-order valence-corrected chi connectivity index (χ0v) is 8.05. The van der Waals surface area contributed by atoms with E-state index < -0.39 is 0 Å². The summed E-state index contributed by atoms with van der Waals surface area (Å²) in [4.78, 5) is 0. The number of aromatic nitrogens is 3. The van der Waals surface area contributed by atoms with Gasteiger partial charge in [-0.05, 0) is 28.1 Å². The Balaban J connectivity index is 2.59. The zero-order valence-electron chi connectivity index (χ0n) is 6.46. The van der Waals surface area contributed by atoms with Crippen LogP contribution >= 0.6 is 15.9 Å². The van der Waals surface area contributed by atoms with Crippen molar-refractivity contribution in [3.05, 3.63) is 34.7 Å². The predicted molar refractivity (Wildman–Crippen MR) is 49.5 cm³/mol. The highest BCUT2D eigenvalue weighted by molar-refractivity contribution is 9.10. The molecule has 66 valence electrons. The van der Waals surface area contributed by atoms with Gasteiger partial charge in [0.1, 0.15) is 11.5 Å². The fourth-order valence-electron chi connectivity index (χ4n) is 1.04. The minimum atomic E-state index is -0.308. The van der Waals surface area contributed by atoms with Gasteiger partial charge in [-0.25, -0.2) is 4.39 Å². The number of nitrogens with one attached hydrogen (secondary N) is 1. The zero-order chi connectivity index (χ0) is 9.26. The minimum absolute atomic E-state index is 0.308. The Bertz CT molecular complexity index is 427. The quantitative estimate of drug-likeness (QED) is 0.833. The summed E-state index contributed by atoms with van der Waals surface area (Å²) < 4.78 is 13.7. The molecule has 0 radical (unpaired) electrons. The molecule has 0 spiro atoms. The molecule has 0 saturated carbocycles. The van der Waals surface area contributed by atoms with E-state index >= 15 is 0 Å². The molecule has 0 unspecified atom stereocenters. The Morgan fingerprint density at radius 2 is 2.00 bits per heavy atom. The summed E-state index contributed by atoms with van der Waals surface area (Å²) in [5.74, 6) is -0.308. The topological polar surface area (TPSA) is 41.6 Å². The van der Waals surface area contributed by atoms with Crippen molar-refractivity contribution < 1.29 is 4.39 Å². The number of hydrogen-bond acceptors (Lipinski definition) is 2. The molecule has 1 heterocycles. The predicted octanol–water partition coefficient (Wildman–Crippen LogP) is 2.37. The van der Waals surface area contributed by atoms with E-state index in [4.69, 9.17) is 0 Å². The van der Waals surface area contributed by atoms with Crippen molar-refractivity contribution in [2.45, 2.75) is 0 Å². The van der Waals surface area contributed by atoms with E-state index in [-0.39, 0.29) is 5.82 Å². The maximum Gasteiger partial charge on any atom is 0.156 e. The van der Waals surface area contributed by atoms with Gasteiger partial charge in [0, 0.05) is 5.56 Å². The van der Waals surface area contributed by atoms with E-state index in [1.54, 1.807) is 18.2 Å². The van der Waals surface area contributed by atoms with Crippen LogP contribution in [-0.4, -0.2) is 15.4 Å². The molecule has 0 aliphatic rings. The van der Waals surface area contributed by atoms with Crippen LogP contribution < -0.4 is 0 Å². The van der Waals surface area contributed by atoms with E-state index in [1.165, 1.54) is 6.07 Å². The molecule has 2 aromatic rings. The Hall–Kier alpha value is -1.23. The summed E-state index contributed by atoms with van der Waals surface area (Å²) in [5.41, 5.74) is 0.918. The van der Waals surface area contributed by atoms with Gasteiger partial charge in [-0.15, -0.1) is 5.10 Å². The van der Waals surface area contributed by atoms with Gasteiger partial charge >= 0.3 is 0 Å². The highest BCUT2D eigenvalue weighted by Crippen LogP contribution is 2.25. The lowest BCUT2D eigenvalue weighted by molar-refractivity contribution is 0.630. The maximum absolute atomic E-state index is 13.2. The molecule has 1 aromatic heterocycles. The van der Waals surface area contributed by atoms with Crippen LogP contribution in [0.5, 0.6) is 0 Å². The number of halogens is 2. The van der Waals surface area contributed by atoms with Gasteiger partial charge in [0.05, 0.1) is 0 Å². The molecule has 0 atom stereocenters. The molecule has 0 amide bonds. The van der Waals surface area contributed by atoms with Crippen LogP contribution in [0.15, 0.2) is 28.9 Å². The highest BCUT2D eigenvalue weighted by Gasteiger charge is 2.10. The normalized spacial score (nSPS) is 10.3. The van der Waals surface area contributed by atoms with Crippen molar-refractivity contribution in [3.63, 3.8) is 0 Å². The molecule has 0 aliphatic heterocycles. The maximum atomic E-state index is 13.2. The van der Waals surface area contributed by atoms with Gasteiger partial charge in [0.2, 0.25) is 0 Å². The third-order valence-electron chi connectivity index (χ3n) is 1.63. The molecule has 1 N–H and O–H groups in total. The van der Waals surface area contributed by atoms with Crippen molar-refractivity contribution in [1.82, 2.24) is 15.4 Å². The molecule has 0 aliphatic carbocycles. The van der Waals surface area contributed by atoms with E-state index in [2.05, 4.69) is 31.3 Å². The van der Waals surface area contributed by atoms with Crippen molar-refractivity contribution >= 4 is 15.9 Å². The first-order chi connectivity index (χ1) is 6.29. The number of hydrogen-bond donors (Lipinski definition) is 1. The molecule has 0 bridgehead atoms. The molecule has 2 rings (SSSR count). The van der Waals surface area contributed by atoms with E-state index in [1.807, 2.05) is 0 Å². The lowest BCUT2D eigenvalue weighted by atomic mass is 10.1. The summed E-state index contributed by atoms with van der Waals surface area (Å²) in [6.07, 6.45) is 0. The molecule has 13 heavy (non-hydrogen) atoms. The number of H-pyrrole nitrogens is 1. The average molecular weight is 242 g/mol. The summed E-state index contributed by atoms with van der Waals surface area (Å²) >= 11 is 3.17. The van der Waals surface area contributed by atoms with Crippen LogP contribution in [0.2, 0.25) is 0 Å². The summed E-state index contributed by atoms with van der Waals surface area (Å²) in [6, 6.07) is 6.42. The Morgan fingerprint density at radius 3 is 2.62 bits per heavy atom. The molecule has 0 saturated heterocycles. The summed E-state index contributed by atoms with van der Waals surface area (Å²) in [7, 11) is 0. The van der Waals surface area contributed by atoms with Gasteiger partial charge in [0.15, 0.2) is 4.60 Å². The van der Waals surface area contributed by atoms with Gasteiger partial charge < -0.3 is 0 Å². The third-order valence-corrected chi connectivity index (χ3v) is 2.19. The summed E-state index contributed by atoms with van der Waals surface area (Å²) in [5, 5.41) is 9.98. The number of aromatic amines is 1. The van der Waals surface area contributed by atoms with Gasteiger partial charge in [-0.2, -0.15) is 10.3 Å². The van der Waals surface area contributed by atoms with Crippen LogP contribution in [0.1, 0.15) is 0 Å². The fourth-order valence-corrected chi connectivity index (χ4v) is 1.42. The van der Waals surface area contributed by atoms with Crippen LogP contribution in [0.3, 0.4) is 0 Å². The van der Waals surface area contributed by atoms with Crippen LogP contribution in [0.25, 0.3) is 11.3 Å². The second-order valence-corrected chi connectivity index (χ2v) is 3.19. The first-order valence-corrected chi connectivity index (χ1v) is 4.39. The van der Waals surface area contributed by atoms with Crippen LogP contribution in [0, 0.1) is 5.82 Å². The van der Waals surface area contributed by atoms with E-state index in [0.717, 1.165) is 0 Å². The summed E-state index contributed by atoms with van der Waals surface area (Å²) in [6.45, 7) is 0. The van der Waals surface area contributed by atoms with Crippen LogP contribution in [0.4, 0.5) is 4.39 Å². The SMILES string of the molecule is Fc1ccccc1-c1n[nH]nc1Br. The molecule has 5 heteroatoms. The smallest absolute Gasteiger partial charge is 0.156 e. The first kappa shape index (κ1) is 8.37. The first-order valence-electron chi connectivity index (χ1n) is 3.60. The molecule has 3 nitrogen and oxygen atoms in total. The largest absolute Gasteiger partial charge is 0.206 e. The Labute approximate surface area is 82.1 Å². The Kier molecular flexibility index (Phi) is 2.10. The minimum Gasteiger partial charge on any atom is -0.206 e. The molecular formula is C8H5BrFN3. The van der Waals surface area contributed by atoms with Gasteiger partial charge in [-0.3, -0.25) is 0 Å². The lowest BCUT2D eigenvalue weighted by Crippen LogP contribution is -1.84.